The van der Waals surface area contributed by atoms with Gasteiger partial charge >= 0.3 is 5.97 Å². The third-order valence-corrected chi connectivity index (χ3v) is 4.19. The number of non-ortho nitro benzene ring substituents is 1. The second-order valence-corrected chi connectivity index (χ2v) is 6.45. The van der Waals surface area contributed by atoms with E-state index in [2.05, 4.69) is 5.32 Å². The van der Waals surface area contributed by atoms with Crippen LogP contribution in [-0.2, 0) is 14.3 Å². The Bertz CT molecular complexity index is 749. The van der Waals surface area contributed by atoms with E-state index >= 15 is 0 Å². The topological polar surface area (TPSA) is 98.5 Å². The lowest BCUT2D eigenvalue weighted by Gasteiger charge is -2.11. The predicted octanol–water partition coefficient (Wildman–Crippen LogP) is 3.26. The molecule has 1 amide bonds. The molecule has 0 aliphatic heterocycles. The summed E-state index contributed by atoms with van der Waals surface area (Å²) in [6.45, 7) is 1.28. The van der Waals surface area contributed by atoms with Crippen LogP contribution in [0.5, 0.6) is 0 Å². The molecule has 0 saturated carbocycles. The van der Waals surface area contributed by atoms with Gasteiger partial charge in [0.05, 0.1) is 4.92 Å². The average Bonchev–Trinajstić information content (AvgIpc) is 2.61. The minimum atomic E-state index is -0.529. The van der Waals surface area contributed by atoms with E-state index in [1.54, 1.807) is 6.92 Å². The van der Waals surface area contributed by atoms with Crippen molar-refractivity contribution in [3.8, 4) is 0 Å². The van der Waals surface area contributed by atoms with E-state index in [0.29, 0.717) is 5.69 Å². The number of nitrogens with zero attached hydrogens (tertiary/aromatic N) is 1. The number of hydrogen-bond donors (Lipinski definition) is 1. The number of benzene rings is 2. The Morgan fingerprint density at radius 3 is 2.40 bits per heavy atom. The molecule has 1 atom stereocenters. The third-order valence-electron chi connectivity index (χ3n) is 3.10. The normalized spacial score (nSPS) is 11.4. The van der Waals surface area contributed by atoms with Gasteiger partial charge in [0.15, 0.2) is 6.61 Å². The summed E-state index contributed by atoms with van der Waals surface area (Å²) in [6.07, 6.45) is 0. The number of rotatable bonds is 7. The first kappa shape index (κ1) is 18.5. The molecule has 2 aromatic rings. The average molecular weight is 360 g/mol. The fourth-order valence-corrected chi connectivity index (χ4v) is 2.76. The molecule has 2 aromatic carbocycles. The molecule has 130 valence electrons. The number of nitro groups is 1. The van der Waals surface area contributed by atoms with Gasteiger partial charge in [0.2, 0.25) is 0 Å². The fourth-order valence-electron chi connectivity index (χ4n) is 1.87. The van der Waals surface area contributed by atoms with Gasteiger partial charge in [0.25, 0.3) is 11.6 Å². The number of nitro benzene ring substituents is 1. The van der Waals surface area contributed by atoms with Crippen LogP contribution >= 0.6 is 11.8 Å². The molecule has 25 heavy (non-hydrogen) atoms. The summed E-state index contributed by atoms with van der Waals surface area (Å²) < 4.78 is 4.99. The molecule has 0 heterocycles. The van der Waals surface area contributed by atoms with Crippen LogP contribution in [-0.4, -0.2) is 28.7 Å². The minimum absolute atomic E-state index is 0.0730. The van der Waals surface area contributed by atoms with Crippen LogP contribution in [0.3, 0.4) is 0 Å². The summed E-state index contributed by atoms with van der Waals surface area (Å²) in [5.74, 6) is -1.01. The summed E-state index contributed by atoms with van der Waals surface area (Å²) >= 11 is 1.34. The van der Waals surface area contributed by atoms with Crippen molar-refractivity contribution in [2.75, 3.05) is 11.9 Å². The van der Waals surface area contributed by atoms with Crippen molar-refractivity contribution in [3.05, 3.63) is 64.7 Å². The highest BCUT2D eigenvalue weighted by atomic mass is 32.2. The predicted molar refractivity (Wildman–Crippen MR) is 94.4 cm³/mol. The van der Waals surface area contributed by atoms with Crippen LogP contribution in [0.4, 0.5) is 11.4 Å². The lowest BCUT2D eigenvalue weighted by molar-refractivity contribution is -0.384. The van der Waals surface area contributed by atoms with E-state index in [1.165, 1.54) is 36.0 Å². The quantitative estimate of drug-likeness (QED) is 0.352. The zero-order valence-electron chi connectivity index (χ0n) is 13.4. The van der Waals surface area contributed by atoms with Crippen LogP contribution in [0, 0.1) is 10.1 Å². The second-order valence-electron chi connectivity index (χ2n) is 5.03. The Kier molecular flexibility index (Phi) is 6.53. The van der Waals surface area contributed by atoms with Crippen molar-refractivity contribution in [1.82, 2.24) is 0 Å². The van der Waals surface area contributed by atoms with Gasteiger partial charge in [-0.1, -0.05) is 18.2 Å². The van der Waals surface area contributed by atoms with Crippen LogP contribution in [0.2, 0.25) is 0 Å². The summed E-state index contributed by atoms with van der Waals surface area (Å²) in [6, 6.07) is 14.8. The molecule has 2 rings (SSSR count). The van der Waals surface area contributed by atoms with Crippen molar-refractivity contribution in [1.29, 1.82) is 0 Å². The lowest BCUT2D eigenvalue weighted by Crippen LogP contribution is -2.24. The van der Waals surface area contributed by atoms with Crippen LogP contribution in [0.1, 0.15) is 6.92 Å². The standard InChI is InChI=1S/C17H16N2O5S/c1-12(25-15-5-3-2-4-6-15)17(21)24-11-16(20)18-13-7-9-14(10-8-13)19(22)23/h2-10,12H,11H2,1H3,(H,18,20)/t12-/m0/s1. The maximum absolute atomic E-state index is 11.9. The molecule has 0 spiro atoms. The summed E-state index contributed by atoms with van der Waals surface area (Å²) in [4.78, 5) is 34.7. The Morgan fingerprint density at radius 1 is 1.16 bits per heavy atom. The van der Waals surface area contributed by atoms with Crippen molar-refractivity contribution in [3.63, 3.8) is 0 Å². The van der Waals surface area contributed by atoms with Crippen molar-refractivity contribution >= 4 is 35.0 Å². The molecule has 0 bridgehead atoms. The molecule has 1 N–H and O–H groups in total. The van der Waals surface area contributed by atoms with Crippen LogP contribution in [0.15, 0.2) is 59.5 Å². The van der Waals surface area contributed by atoms with E-state index in [9.17, 15) is 19.7 Å². The third kappa shape index (κ3) is 5.92. The molecule has 0 fully saturated rings. The van der Waals surface area contributed by atoms with Gasteiger partial charge in [0.1, 0.15) is 5.25 Å². The van der Waals surface area contributed by atoms with E-state index in [1.807, 2.05) is 30.3 Å². The highest BCUT2D eigenvalue weighted by molar-refractivity contribution is 8.00. The number of hydrogen-bond acceptors (Lipinski definition) is 6. The Balaban J connectivity index is 1.78. The minimum Gasteiger partial charge on any atom is -0.455 e. The number of carbonyl (C=O) groups excluding carboxylic acids is 2. The van der Waals surface area contributed by atoms with E-state index in [0.717, 1.165) is 4.90 Å². The zero-order chi connectivity index (χ0) is 18.2. The van der Waals surface area contributed by atoms with Gasteiger partial charge in [-0.3, -0.25) is 19.7 Å². The van der Waals surface area contributed by atoms with Gasteiger partial charge in [0, 0.05) is 22.7 Å². The monoisotopic (exact) mass is 360 g/mol. The van der Waals surface area contributed by atoms with Crippen molar-refractivity contribution < 1.29 is 19.2 Å². The molecular formula is C17H16N2O5S. The number of thioether (sulfide) groups is 1. The highest BCUT2D eigenvalue weighted by Gasteiger charge is 2.17. The maximum atomic E-state index is 11.9. The SMILES string of the molecule is C[C@H](Sc1ccccc1)C(=O)OCC(=O)Nc1ccc([N+](=O)[O-])cc1. The van der Waals surface area contributed by atoms with E-state index in [4.69, 9.17) is 4.74 Å². The molecule has 8 heteroatoms. The second kappa shape index (κ2) is 8.84. The van der Waals surface area contributed by atoms with Gasteiger partial charge in [-0.2, -0.15) is 0 Å². The Hall–Kier alpha value is -2.87. The summed E-state index contributed by atoms with van der Waals surface area (Å²) in [5, 5.41) is 12.6. The first-order valence-corrected chi connectivity index (χ1v) is 8.26. The number of nitrogens with one attached hydrogen (secondary N) is 1. The molecule has 0 unspecified atom stereocenters. The highest BCUT2D eigenvalue weighted by Crippen LogP contribution is 2.23. The molecule has 0 aromatic heterocycles. The number of amides is 1. The Labute approximate surface area is 148 Å². The van der Waals surface area contributed by atoms with Gasteiger partial charge in [-0.15, -0.1) is 11.8 Å². The lowest BCUT2D eigenvalue weighted by atomic mass is 10.3. The van der Waals surface area contributed by atoms with Crippen LogP contribution in [0.25, 0.3) is 0 Å². The van der Waals surface area contributed by atoms with Gasteiger partial charge < -0.3 is 10.1 Å². The smallest absolute Gasteiger partial charge is 0.319 e. The molecule has 7 nitrogen and oxygen atoms in total. The van der Waals surface area contributed by atoms with Crippen LogP contribution < -0.4 is 5.32 Å². The summed E-state index contributed by atoms with van der Waals surface area (Å²) in [7, 11) is 0. The number of esters is 1. The maximum Gasteiger partial charge on any atom is 0.319 e. The van der Waals surface area contributed by atoms with E-state index in [-0.39, 0.29) is 5.69 Å². The Morgan fingerprint density at radius 2 is 1.80 bits per heavy atom. The van der Waals surface area contributed by atoms with Gasteiger partial charge in [-0.25, -0.2) is 0 Å². The fraction of sp³-hybridized carbons (Fsp3) is 0.176. The van der Waals surface area contributed by atoms with Gasteiger partial charge in [-0.05, 0) is 31.2 Å². The molecule has 0 aliphatic rings. The first-order valence-electron chi connectivity index (χ1n) is 7.38. The first-order chi connectivity index (χ1) is 12.0. The largest absolute Gasteiger partial charge is 0.455 e. The molecule has 0 radical (unpaired) electrons. The molecular weight excluding hydrogens is 344 g/mol. The molecule has 0 saturated heterocycles. The number of carbonyl (C=O) groups is 2. The number of anilines is 1. The van der Waals surface area contributed by atoms with Crippen molar-refractivity contribution in [2.45, 2.75) is 17.1 Å². The van der Waals surface area contributed by atoms with Crippen molar-refractivity contribution in [2.24, 2.45) is 0 Å². The molecule has 0 aliphatic carbocycles. The zero-order valence-corrected chi connectivity index (χ0v) is 14.2. The number of ether oxygens (including phenoxy) is 1. The summed E-state index contributed by atoms with van der Waals surface area (Å²) in [5.41, 5.74) is 0.314. The van der Waals surface area contributed by atoms with E-state index < -0.39 is 28.7 Å².